The van der Waals surface area contributed by atoms with Crippen LogP contribution in [0.3, 0.4) is 0 Å². The van der Waals surface area contributed by atoms with Crippen LogP contribution in [0.25, 0.3) is 73.7 Å². The maximum atomic E-state index is 9.12. The predicted molar refractivity (Wildman–Crippen MR) is 223 cm³/mol. The molecular weight excluding hydrogens is 655 g/mol. The number of benzene rings is 8. The first-order valence-electron chi connectivity index (χ1n) is 20.2. The Morgan fingerprint density at radius 3 is 1.76 bits per heavy atom. The molecule has 0 atom stereocenters. The highest BCUT2D eigenvalue weighted by atomic mass is 32.1. The summed E-state index contributed by atoms with van der Waals surface area (Å²) in [7, 11) is 0. The van der Waals surface area contributed by atoms with Crippen LogP contribution >= 0.6 is 22.7 Å². The fraction of sp³-hybridized carbons (Fsp3) is 0. The van der Waals surface area contributed by atoms with E-state index in [0.717, 1.165) is 55.4 Å². The SMILES string of the molecule is [2H]c1c([2H])c([2H])c2c(sc3c([2H])c([2H])c([2H])c(-c4ccc(N(c5ccc(-c6ccccc6)cc5)c5ccc(-c6ccccc6)c6c5sc5ccccc56)cc4)c32)c1[2H]. The van der Waals surface area contributed by atoms with E-state index < -0.39 is 0 Å². The van der Waals surface area contributed by atoms with Gasteiger partial charge in [-0.05, 0) is 81.9 Å². The summed E-state index contributed by atoms with van der Waals surface area (Å²) in [5, 5.41) is 3.05. The van der Waals surface area contributed by atoms with Gasteiger partial charge in [-0.25, -0.2) is 0 Å². The summed E-state index contributed by atoms with van der Waals surface area (Å²) < 4.78 is 63.8. The van der Waals surface area contributed by atoms with Gasteiger partial charge >= 0.3 is 0 Å². The molecule has 0 saturated carbocycles. The summed E-state index contributed by atoms with van der Waals surface area (Å²) in [5.41, 5.74) is 8.33. The van der Waals surface area contributed by atoms with Crippen LogP contribution in [0.2, 0.25) is 0 Å². The van der Waals surface area contributed by atoms with Crippen molar-refractivity contribution in [1.82, 2.24) is 0 Å². The van der Waals surface area contributed by atoms with Gasteiger partial charge in [-0.3, -0.25) is 0 Å². The number of fused-ring (bicyclic) bond motifs is 6. The van der Waals surface area contributed by atoms with Crippen molar-refractivity contribution in [2.45, 2.75) is 0 Å². The number of anilines is 3. The fourth-order valence-electron chi connectivity index (χ4n) is 7.06. The molecular formula is C48H31NS2. The molecule has 10 rings (SSSR count). The van der Waals surface area contributed by atoms with Crippen LogP contribution in [0.4, 0.5) is 17.1 Å². The Hall–Kier alpha value is -6.00. The molecule has 1 nitrogen and oxygen atoms in total. The maximum absolute atomic E-state index is 9.12. The van der Waals surface area contributed by atoms with Gasteiger partial charge in [-0.1, -0.05) is 139 Å². The van der Waals surface area contributed by atoms with Crippen molar-refractivity contribution >= 4 is 80.1 Å². The van der Waals surface area contributed by atoms with Crippen LogP contribution in [0.5, 0.6) is 0 Å². The molecule has 0 aliphatic rings. The van der Waals surface area contributed by atoms with Crippen molar-refractivity contribution in [3.8, 4) is 33.4 Å². The topological polar surface area (TPSA) is 3.24 Å². The van der Waals surface area contributed by atoms with Crippen molar-refractivity contribution in [1.29, 1.82) is 0 Å². The third kappa shape index (κ3) is 5.13. The van der Waals surface area contributed by atoms with Crippen molar-refractivity contribution in [2.24, 2.45) is 0 Å². The van der Waals surface area contributed by atoms with E-state index in [0.29, 0.717) is 25.9 Å². The summed E-state index contributed by atoms with van der Waals surface area (Å²) in [6.45, 7) is 0. The zero-order valence-corrected chi connectivity index (χ0v) is 28.8. The number of hydrogen-bond acceptors (Lipinski definition) is 3. The highest BCUT2D eigenvalue weighted by molar-refractivity contribution is 7.26. The van der Waals surface area contributed by atoms with E-state index in [4.69, 9.17) is 9.60 Å². The van der Waals surface area contributed by atoms with Gasteiger partial charge in [0.15, 0.2) is 0 Å². The molecule has 2 aromatic heterocycles. The summed E-state index contributed by atoms with van der Waals surface area (Å²) in [5.74, 6) is 0. The lowest BCUT2D eigenvalue weighted by molar-refractivity contribution is 1.30. The van der Waals surface area contributed by atoms with Gasteiger partial charge in [0, 0.05) is 47.0 Å². The van der Waals surface area contributed by atoms with Crippen molar-refractivity contribution in [3.05, 3.63) is 188 Å². The number of thiophene rings is 2. The van der Waals surface area contributed by atoms with Crippen LogP contribution in [-0.2, 0) is 0 Å². The molecule has 8 aromatic carbocycles. The van der Waals surface area contributed by atoms with Crippen LogP contribution in [0, 0.1) is 0 Å². The molecule has 0 unspecified atom stereocenters. The molecule has 0 fully saturated rings. The lowest BCUT2D eigenvalue weighted by atomic mass is 9.97. The zero-order valence-electron chi connectivity index (χ0n) is 34.1. The van der Waals surface area contributed by atoms with Crippen LogP contribution in [0.15, 0.2) is 188 Å². The van der Waals surface area contributed by atoms with Crippen LogP contribution in [-0.4, -0.2) is 0 Å². The molecule has 10 aromatic rings. The molecule has 0 saturated heterocycles. The average molecular weight is 693 g/mol. The normalized spacial score (nSPS) is 13.5. The third-order valence-corrected chi connectivity index (χ3v) is 11.6. The van der Waals surface area contributed by atoms with E-state index >= 15 is 0 Å². The van der Waals surface area contributed by atoms with Gasteiger partial charge in [0.25, 0.3) is 0 Å². The van der Waals surface area contributed by atoms with Crippen molar-refractivity contribution < 1.29 is 9.60 Å². The number of nitrogens with zero attached hydrogens (tertiary/aromatic N) is 1. The van der Waals surface area contributed by atoms with Gasteiger partial charge in [-0.15, -0.1) is 22.7 Å². The highest BCUT2D eigenvalue weighted by Crippen LogP contribution is 2.49. The molecule has 0 radical (unpaired) electrons. The Labute approximate surface area is 314 Å². The van der Waals surface area contributed by atoms with Gasteiger partial charge in [0.05, 0.1) is 20.0 Å². The Morgan fingerprint density at radius 2 is 1.00 bits per heavy atom. The van der Waals surface area contributed by atoms with Crippen molar-refractivity contribution in [2.75, 3.05) is 4.90 Å². The van der Waals surface area contributed by atoms with Gasteiger partial charge in [0.1, 0.15) is 0 Å². The Kier molecular flexibility index (Phi) is 5.69. The van der Waals surface area contributed by atoms with E-state index in [1.807, 2.05) is 48.5 Å². The number of hydrogen-bond donors (Lipinski definition) is 0. The van der Waals surface area contributed by atoms with Gasteiger partial charge < -0.3 is 4.90 Å². The third-order valence-electron chi connectivity index (χ3n) is 9.43. The van der Waals surface area contributed by atoms with E-state index in [1.165, 1.54) is 15.5 Å². The summed E-state index contributed by atoms with van der Waals surface area (Å²) in [6, 6.07) is 48.3. The largest absolute Gasteiger partial charge is 0.309 e. The standard InChI is InChI=1S/C48H31NS2/c1-3-12-32(13-4-1)33-22-26-36(27-23-33)49(37-28-24-35(25-29-37)38-18-11-21-45-46(38)40-16-7-9-19-43(40)50-45)42-31-30-39(34-14-5-2-6-15-34)47-41-17-8-10-20-44(41)51-48(42)47/h1-31H/i7D,9D,11D,16D,18D,19D,21D. The van der Waals surface area contributed by atoms with E-state index in [-0.39, 0.29) is 47.7 Å². The van der Waals surface area contributed by atoms with Crippen LogP contribution in [0.1, 0.15) is 9.60 Å². The maximum Gasteiger partial charge on any atom is 0.0640 e. The second-order valence-electron chi connectivity index (χ2n) is 12.4. The molecule has 3 heteroatoms. The first-order chi connectivity index (χ1) is 28.2. The van der Waals surface area contributed by atoms with E-state index in [9.17, 15) is 0 Å². The smallest absolute Gasteiger partial charge is 0.0640 e. The van der Waals surface area contributed by atoms with E-state index in [1.54, 1.807) is 11.3 Å². The Balaban J connectivity index is 1.20. The predicted octanol–water partition coefficient (Wildman–Crippen LogP) is 14.9. The first kappa shape index (κ1) is 23.4. The molecule has 2 heterocycles. The lowest BCUT2D eigenvalue weighted by Gasteiger charge is -2.27. The zero-order chi connectivity index (χ0) is 39.8. The summed E-state index contributed by atoms with van der Waals surface area (Å²) in [6.07, 6.45) is 0. The Bertz CT molecular complexity index is 3230. The van der Waals surface area contributed by atoms with Crippen LogP contribution < -0.4 is 4.90 Å². The molecule has 0 amide bonds. The highest BCUT2D eigenvalue weighted by Gasteiger charge is 2.21. The molecule has 240 valence electrons. The van der Waals surface area contributed by atoms with E-state index in [2.05, 4.69) is 102 Å². The second kappa shape index (κ2) is 12.4. The number of rotatable bonds is 6. The molecule has 0 N–H and O–H groups in total. The first-order valence-corrected chi connectivity index (χ1v) is 18.3. The molecule has 51 heavy (non-hydrogen) atoms. The fourth-order valence-corrected chi connectivity index (χ4v) is 9.27. The average Bonchev–Trinajstić information content (AvgIpc) is 3.86. The summed E-state index contributed by atoms with van der Waals surface area (Å²) >= 11 is 2.84. The van der Waals surface area contributed by atoms with Gasteiger partial charge in [0.2, 0.25) is 0 Å². The monoisotopic (exact) mass is 692 g/mol. The Morgan fingerprint density at radius 1 is 0.392 bits per heavy atom. The van der Waals surface area contributed by atoms with Gasteiger partial charge in [-0.2, -0.15) is 0 Å². The molecule has 0 aliphatic heterocycles. The molecule has 0 bridgehead atoms. The minimum Gasteiger partial charge on any atom is -0.309 e. The lowest BCUT2D eigenvalue weighted by Crippen LogP contribution is -2.10. The molecule has 0 aliphatic carbocycles. The quantitative estimate of drug-likeness (QED) is 0.168. The summed E-state index contributed by atoms with van der Waals surface area (Å²) in [4.78, 5) is 2.25. The minimum absolute atomic E-state index is 0.158. The second-order valence-corrected chi connectivity index (χ2v) is 14.4. The minimum atomic E-state index is -0.369. The van der Waals surface area contributed by atoms with Crippen molar-refractivity contribution in [3.63, 3.8) is 0 Å². The molecule has 0 spiro atoms.